The summed E-state index contributed by atoms with van der Waals surface area (Å²) in [6.07, 6.45) is 1.63. The van der Waals surface area contributed by atoms with Crippen LogP contribution >= 0.6 is 35.6 Å². The van der Waals surface area contributed by atoms with Gasteiger partial charge in [-0.25, -0.2) is 0 Å². The van der Waals surface area contributed by atoms with Crippen LogP contribution in [0.4, 0.5) is 0 Å². The lowest BCUT2D eigenvalue weighted by Crippen LogP contribution is -2.47. The number of nitrogens with zero attached hydrogens (tertiary/aromatic N) is 1. The van der Waals surface area contributed by atoms with Crippen molar-refractivity contribution in [1.82, 2.24) is 10.2 Å². The molecule has 0 aromatic heterocycles. The van der Waals surface area contributed by atoms with Crippen molar-refractivity contribution in [2.24, 2.45) is 5.92 Å². The number of hydrogen-bond acceptors (Lipinski definition) is 3. The minimum Gasteiger partial charge on any atom is -0.479 e. The van der Waals surface area contributed by atoms with Crippen molar-refractivity contribution >= 4 is 41.5 Å². The van der Waals surface area contributed by atoms with Gasteiger partial charge in [-0.05, 0) is 57.5 Å². The maximum atomic E-state index is 12.5. The van der Waals surface area contributed by atoms with Gasteiger partial charge in [-0.1, -0.05) is 23.2 Å². The molecule has 2 rings (SSSR count). The minimum absolute atomic E-state index is 0. The quantitative estimate of drug-likeness (QED) is 0.846. The Bertz CT molecular complexity index is 526. The van der Waals surface area contributed by atoms with Crippen molar-refractivity contribution in [2.75, 3.05) is 26.7 Å². The second kappa shape index (κ2) is 9.58. The van der Waals surface area contributed by atoms with Crippen LogP contribution in [0.5, 0.6) is 5.75 Å². The molecule has 0 spiro atoms. The molecule has 4 nitrogen and oxygen atoms in total. The van der Waals surface area contributed by atoms with Crippen LogP contribution in [0.25, 0.3) is 0 Å². The van der Waals surface area contributed by atoms with Crippen molar-refractivity contribution in [3.8, 4) is 5.75 Å². The summed E-state index contributed by atoms with van der Waals surface area (Å²) in [6, 6.07) is 5.00. The van der Waals surface area contributed by atoms with Gasteiger partial charge in [0.1, 0.15) is 5.75 Å². The highest BCUT2D eigenvalue weighted by atomic mass is 35.5. The number of rotatable bonds is 5. The minimum atomic E-state index is -0.563. The highest BCUT2D eigenvalue weighted by Gasteiger charge is 2.27. The largest absolute Gasteiger partial charge is 0.479 e. The maximum absolute atomic E-state index is 12.5. The van der Waals surface area contributed by atoms with Crippen molar-refractivity contribution in [3.05, 3.63) is 28.2 Å². The van der Waals surface area contributed by atoms with E-state index in [4.69, 9.17) is 27.9 Å². The number of hydrogen-bond donors (Lipinski definition) is 1. The Kier molecular flexibility index (Phi) is 8.48. The van der Waals surface area contributed by atoms with Gasteiger partial charge in [-0.15, -0.1) is 12.4 Å². The average Bonchev–Trinajstić information content (AvgIpc) is 2.50. The molecule has 1 aliphatic heterocycles. The number of ether oxygens (including phenoxy) is 1. The first-order valence-corrected chi connectivity index (χ1v) is 8.32. The molecule has 1 heterocycles. The summed E-state index contributed by atoms with van der Waals surface area (Å²) in [4.78, 5) is 14.4. The zero-order valence-corrected chi connectivity index (χ0v) is 15.7. The molecule has 0 radical (unpaired) electrons. The van der Waals surface area contributed by atoms with E-state index in [1.807, 2.05) is 11.9 Å². The molecule has 2 unspecified atom stereocenters. The number of carbonyl (C=O) groups excluding carboxylic acids is 1. The Morgan fingerprint density at radius 2 is 2.22 bits per heavy atom. The van der Waals surface area contributed by atoms with Gasteiger partial charge in [0.15, 0.2) is 6.10 Å². The second-order valence-electron chi connectivity index (χ2n) is 5.69. The number of nitrogens with one attached hydrogen (secondary N) is 1. The summed E-state index contributed by atoms with van der Waals surface area (Å²) in [6.45, 7) is 4.26. The normalized spacial score (nSPS) is 19.0. The number of amides is 1. The van der Waals surface area contributed by atoms with Gasteiger partial charge in [0.25, 0.3) is 5.91 Å². The Morgan fingerprint density at radius 3 is 2.87 bits per heavy atom. The van der Waals surface area contributed by atoms with E-state index in [9.17, 15) is 4.79 Å². The number of likely N-dealkylation sites (tertiary alicyclic amines) is 1. The van der Waals surface area contributed by atoms with E-state index in [-0.39, 0.29) is 18.3 Å². The summed E-state index contributed by atoms with van der Waals surface area (Å²) in [5.41, 5.74) is 0. The number of benzene rings is 1. The first kappa shape index (κ1) is 20.4. The van der Waals surface area contributed by atoms with Crippen molar-refractivity contribution in [2.45, 2.75) is 25.9 Å². The molecule has 2 atom stereocenters. The van der Waals surface area contributed by atoms with Crippen molar-refractivity contribution < 1.29 is 9.53 Å². The summed E-state index contributed by atoms with van der Waals surface area (Å²) < 4.78 is 5.71. The Hall–Kier alpha value is -0.680. The number of halogens is 3. The summed E-state index contributed by atoms with van der Waals surface area (Å²) in [5, 5.41) is 4.14. The molecule has 1 saturated heterocycles. The van der Waals surface area contributed by atoms with Gasteiger partial charge in [0.05, 0.1) is 5.02 Å². The Balaban J connectivity index is 0.00000264. The average molecular weight is 382 g/mol. The molecule has 1 aromatic rings. The van der Waals surface area contributed by atoms with Gasteiger partial charge in [-0.2, -0.15) is 0 Å². The monoisotopic (exact) mass is 380 g/mol. The molecule has 0 saturated carbocycles. The van der Waals surface area contributed by atoms with E-state index < -0.39 is 6.10 Å². The smallest absolute Gasteiger partial charge is 0.263 e. The lowest BCUT2D eigenvalue weighted by Gasteiger charge is -2.34. The molecule has 1 aromatic carbocycles. The van der Waals surface area contributed by atoms with E-state index >= 15 is 0 Å². The van der Waals surface area contributed by atoms with Crippen LogP contribution in [0.15, 0.2) is 18.2 Å². The zero-order chi connectivity index (χ0) is 16.1. The standard InChI is InChI=1S/C16H22Cl2N2O2.ClH/c1-11(22-15-6-5-13(17)8-14(15)18)16(21)20-7-3-4-12(10-20)9-19-2;/h5-6,8,11-12,19H,3-4,7,9-10H2,1-2H3;1H. The fourth-order valence-corrected chi connectivity index (χ4v) is 3.24. The van der Waals surface area contributed by atoms with E-state index in [2.05, 4.69) is 5.32 Å². The molecule has 7 heteroatoms. The zero-order valence-electron chi connectivity index (χ0n) is 13.4. The van der Waals surface area contributed by atoms with Crippen LogP contribution in [0.3, 0.4) is 0 Å². The van der Waals surface area contributed by atoms with Crippen molar-refractivity contribution in [1.29, 1.82) is 0 Å². The molecular weight excluding hydrogens is 359 g/mol. The Morgan fingerprint density at radius 1 is 1.48 bits per heavy atom. The third kappa shape index (κ3) is 5.71. The van der Waals surface area contributed by atoms with Crippen LogP contribution in [0.1, 0.15) is 19.8 Å². The summed E-state index contributed by atoms with van der Waals surface area (Å²) in [5.74, 6) is 0.997. The number of piperidine rings is 1. The molecule has 23 heavy (non-hydrogen) atoms. The predicted molar refractivity (Wildman–Crippen MR) is 97.0 cm³/mol. The fourth-order valence-electron chi connectivity index (χ4n) is 2.79. The molecule has 0 bridgehead atoms. The van der Waals surface area contributed by atoms with Crippen molar-refractivity contribution in [3.63, 3.8) is 0 Å². The Labute approximate surface area is 153 Å². The predicted octanol–water partition coefficient (Wildman–Crippen LogP) is 3.64. The first-order valence-electron chi connectivity index (χ1n) is 7.56. The van der Waals surface area contributed by atoms with Crippen LogP contribution in [0.2, 0.25) is 10.0 Å². The third-order valence-electron chi connectivity index (χ3n) is 3.87. The first-order chi connectivity index (χ1) is 10.5. The van der Waals surface area contributed by atoms with Gasteiger partial charge in [-0.3, -0.25) is 4.79 Å². The molecule has 1 N–H and O–H groups in total. The molecular formula is C16H23Cl3N2O2. The third-order valence-corrected chi connectivity index (χ3v) is 4.40. The van der Waals surface area contributed by atoms with E-state index in [0.717, 1.165) is 32.5 Å². The number of carbonyl (C=O) groups is 1. The van der Waals surface area contributed by atoms with Crippen LogP contribution < -0.4 is 10.1 Å². The lowest BCUT2D eigenvalue weighted by atomic mass is 9.97. The van der Waals surface area contributed by atoms with Gasteiger partial charge >= 0.3 is 0 Å². The van der Waals surface area contributed by atoms with Gasteiger partial charge in [0, 0.05) is 18.1 Å². The van der Waals surface area contributed by atoms with E-state index in [1.165, 1.54) is 0 Å². The SMILES string of the molecule is CNCC1CCCN(C(=O)C(C)Oc2ccc(Cl)cc2Cl)C1.Cl. The van der Waals surface area contributed by atoms with Crippen LogP contribution in [-0.4, -0.2) is 43.6 Å². The highest BCUT2D eigenvalue weighted by Crippen LogP contribution is 2.28. The highest BCUT2D eigenvalue weighted by molar-refractivity contribution is 6.35. The van der Waals surface area contributed by atoms with Crippen LogP contribution in [0, 0.1) is 5.92 Å². The summed E-state index contributed by atoms with van der Waals surface area (Å²) >= 11 is 11.9. The van der Waals surface area contributed by atoms with E-state index in [1.54, 1.807) is 25.1 Å². The second-order valence-corrected chi connectivity index (χ2v) is 6.53. The lowest BCUT2D eigenvalue weighted by molar-refractivity contribution is -0.139. The van der Waals surface area contributed by atoms with E-state index in [0.29, 0.717) is 21.7 Å². The molecule has 1 amide bonds. The molecule has 130 valence electrons. The molecule has 1 fully saturated rings. The summed E-state index contributed by atoms with van der Waals surface area (Å²) in [7, 11) is 1.94. The fraction of sp³-hybridized carbons (Fsp3) is 0.562. The maximum Gasteiger partial charge on any atom is 0.263 e. The van der Waals surface area contributed by atoms with Crippen LogP contribution in [-0.2, 0) is 4.79 Å². The topological polar surface area (TPSA) is 41.6 Å². The molecule has 1 aliphatic rings. The van der Waals surface area contributed by atoms with Gasteiger partial charge in [0.2, 0.25) is 0 Å². The van der Waals surface area contributed by atoms with Gasteiger partial charge < -0.3 is 15.0 Å². The molecule has 0 aliphatic carbocycles.